The Bertz CT molecular complexity index is 438. The maximum Gasteiger partial charge on any atom is 0.230 e. The second-order valence-electron chi connectivity index (χ2n) is 6.03. The molecule has 0 unspecified atom stereocenters. The van der Waals surface area contributed by atoms with Crippen LogP contribution in [0.1, 0.15) is 0 Å². The maximum absolute atomic E-state index is 11.0. The Morgan fingerprint density at radius 2 is 0.906 bits per heavy atom. The van der Waals surface area contributed by atoms with Crippen LogP contribution < -0.4 is 5.32 Å². The summed E-state index contributed by atoms with van der Waals surface area (Å²) in [4.78, 5) is 11.0. The molecule has 0 heterocycles. The molecule has 0 aliphatic carbocycles. The zero-order valence-corrected chi connectivity index (χ0v) is 20.4. The fraction of sp³-hybridized carbons (Fsp3) is 0.857. The van der Waals surface area contributed by atoms with E-state index >= 15 is 0 Å². The van der Waals surface area contributed by atoms with Crippen LogP contribution in [0.25, 0.3) is 0 Å². The third kappa shape index (κ3) is 27.2. The molecule has 11 heteroatoms. The first-order chi connectivity index (χ1) is 15.8. The van der Waals surface area contributed by atoms with E-state index in [0.29, 0.717) is 118 Å². The minimum atomic E-state index is -0.0544. The summed E-state index contributed by atoms with van der Waals surface area (Å²) in [5.41, 5.74) is 0. The number of halogens is 1. The fourth-order valence-electron chi connectivity index (χ4n) is 1.98. The second-order valence-corrected chi connectivity index (χ2v) is 6.59. The highest BCUT2D eigenvalue weighted by atomic mass is 79.9. The van der Waals surface area contributed by atoms with E-state index in [1.807, 2.05) is 0 Å². The van der Waals surface area contributed by atoms with Gasteiger partial charge >= 0.3 is 0 Å². The molecule has 188 valence electrons. The van der Waals surface area contributed by atoms with Gasteiger partial charge in [-0.3, -0.25) is 4.79 Å². The molecule has 0 rings (SSSR count). The van der Waals surface area contributed by atoms with Gasteiger partial charge in [-0.25, -0.2) is 0 Å². The van der Waals surface area contributed by atoms with Crippen LogP contribution in [0.5, 0.6) is 0 Å². The van der Waals surface area contributed by atoms with Crippen LogP contribution in [-0.4, -0.2) is 123 Å². The Hall–Kier alpha value is -0.810. The average Bonchev–Trinajstić information content (AvgIpc) is 2.81. The summed E-state index contributed by atoms with van der Waals surface area (Å²) < 4.78 is 42.7. The smallest absolute Gasteiger partial charge is 0.230 e. The lowest BCUT2D eigenvalue weighted by Gasteiger charge is -2.08. The van der Waals surface area contributed by atoms with Gasteiger partial charge in [0, 0.05) is 6.54 Å². The first kappa shape index (κ1) is 31.2. The monoisotopic (exact) mass is 527 g/mol. The van der Waals surface area contributed by atoms with Crippen LogP contribution in [0.4, 0.5) is 0 Å². The van der Waals surface area contributed by atoms with E-state index in [2.05, 4.69) is 27.2 Å². The lowest BCUT2D eigenvalue weighted by atomic mass is 10.6. The van der Waals surface area contributed by atoms with Crippen molar-refractivity contribution in [3.8, 4) is 12.3 Å². The van der Waals surface area contributed by atoms with Gasteiger partial charge in [0.2, 0.25) is 5.91 Å². The SMILES string of the molecule is C#CCOCCOCCOCCOCCOCCOCCOCCOCCNC(=O)CBr. The van der Waals surface area contributed by atoms with Gasteiger partial charge in [0.1, 0.15) is 6.61 Å². The molecular formula is C21H38BrNO9. The van der Waals surface area contributed by atoms with E-state index in [1.54, 1.807) is 0 Å². The Morgan fingerprint density at radius 1 is 0.594 bits per heavy atom. The van der Waals surface area contributed by atoms with Gasteiger partial charge in [0.05, 0.1) is 104 Å². The highest BCUT2D eigenvalue weighted by Crippen LogP contribution is 1.86. The number of terminal acetylenes is 1. The predicted octanol–water partition coefficient (Wildman–Crippen LogP) is 0.264. The van der Waals surface area contributed by atoms with Gasteiger partial charge in [-0.2, -0.15) is 0 Å². The Kier molecular flexibility index (Phi) is 27.5. The van der Waals surface area contributed by atoms with Crippen molar-refractivity contribution in [3.63, 3.8) is 0 Å². The number of carbonyl (C=O) groups is 1. The number of alkyl halides is 1. The number of ether oxygens (including phenoxy) is 8. The van der Waals surface area contributed by atoms with Crippen molar-refractivity contribution in [2.75, 3.05) is 118 Å². The van der Waals surface area contributed by atoms with Crippen molar-refractivity contribution in [2.24, 2.45) is 0 Å². The Labute approximate surface area is 200 Å². The lowest BCUT2D eigenvalue weighted by molar-refractivity contribution is -0.118. The van der Waals surface area contributed by atoms with E-state index < -0.39 is 0 Å². The molecule has 0 atom stereocenters. The summed E-state index contributed by atoms with van der Waals surface area (Å²) in [5.74, 6) is 2.33. The molecule has 0 aromatic rings. The summed E-state index contributed by atoms with van der Waals surface area (Å²) in [5, 5.41) is 2.99. The van der Waals surface area contributed by atoms with Crippen molar-refractivity contribution in [1.82, 2.24) is 5.32 Å². The number of rotatable bonds is 26. The largest absolute Gasteiger partial charge is 0.377 e. The summed E-state index contributed by atoms with van der Waals surface area (Å²) >= 11 is 3.07. The predicted molar refractivity (Wildman–Crippen MR) is 122 cm³/mol. The molecule has 0 aliphatic rings. The normalized spacial score (nSPS) is 10.9. The van der Waals surface area contributed by atoms with Gasteiger partial charge in [-0.15, -0.1) is 6.42 Å². The molecule has 0 radical (unpaired) electrons. The minimum Gasteiger partial charge on any atom is -0.377 e. The van der Waals surface area contributed by atoms with Crippen molar-refractivity contribution in [3.05, 3.63) is 0 Å². The molecular weight excluding hydrogens is 490 g/mol. The molecule has 0 aliphatic heterocycles. The number of amides is 1. The van der Waals surface area contributed by atoms with Crippen molar-refractivity contribution in [1.29, 1.82) is 0 Å². The quantitative estimate of drug-likeness (QED) is 0.0963. The molecule has 32 heavy (non-hydrogen) atoms. The van der Waals surface area contributed by atoms with Crippen molar-refractivity contribution in [2.45, 2.75) is 0 Å². The molecule has 10 nitrogen and oxygen atoms in total. The van der Waals surface area contributed by atoms with Crippen molar-refractivity contribution < 1.29 is 42.7 Å². The summed E-state index contributed by atoms with van der Waals surface area (Å²) in [6.07, 6.45) is 5.06. The molecule has 1 amide bonds. The Morgan fingerprint density at radius 3 is 1.22 bits per heavy atom. The third-order valence-electron chi connectivity index (χ3n) is 3.48. The molecule has 0 aromatic heterocycles. The average molecular weight is 528 g/mol. The fourth-order valence-corrected chi connectivity index (χ4v) is 2.18. The van der Waals surface area contributed by atoms with E-state index in [-0.39, 0.29) is 5.91 Å². The van der Waals surface area contributed by atoms with E-state index in [9.17, 15) is 4.79 Å². The number of nitrogens with one attached hydrogen (secondary N) is 1. The maximum atomic E-state index is 11.0. The van der Waals surface area contributed by atoms with Crippen LogP contribution in [-0.2, 0) is 42.7 Å². The number of carbonyl (C=O) groups excluding carboxylic acids is 1. The molecule has 0 fully saturated rings. The van der Waals surface area contributed by atoms with E-state index in [0.717, 1.165) is 0 Å². The topological polar surface area (TPSA) is 103 Å². The van der Waals surface area contributed by atoms with Gasteiger partial charge in [-0.05, 0) is 0 Å². The first-order valence-electron chi connectivity index (χ1n) is 10.7. The van der Waals surface area contributed by atoms with Crippen LogP contribution in [0.2, 0.25) is 0 Å². The van der Waals surface area contributed by atoms with E-state index in [4.69, 9.17) is 44.3 Å². The first-order valence-corrected chi connectivity index (χ1v) is 11.8. The van der Waals surface area contributed by atoms with Crippen molar-refractivity contribution >= 4 is 21.8 Å². The lowest BCUT2D eigenvalue weighted by Crippen LogP contribution is -2.28. The molecule has 0 spiro atoms. The molecule has 0 bridgehead atoms. The van der Waals surface area contributed by atoms with Crippen LogP contribution >= 0.6 is 15.9 Å². The van der Waals surface area contributed by atoms with E-state index in [1.165, 1.54) is 0 Å². The Balaban J connectivity index is 3.02. The van der Waals surface area contributed by atoms with Gasteiger partial charge < -0.3 is 43.2 Å². The highest BCUT2D eigenvalue weighted by molar-refractivity contribution is 9.09. The zero-order valence-electron chi connectivity index (χ0n) is 18.9. The van der Waals surface area contributed by atoms with Crippen LogP contribution in [0.15, 0.2) is 0 Å². The molecule has 0 saturated heterocycles. The second kappa shape index (κ2) is 28.2. The summed E-state index contributed by atoms with van der Waals surface area (Å²) in [6, 6.07) is 0. The van der Waals surface area contributed by atoms with Crippen LogP contribution in [0.3, 0.4) is 0 Å². The standard InChI is InChI=1S/C21H38BrNO9/c1-2-4-25-6-8-27-10-12-29-14-16-31-18-19-32-17-15-30-13-11-28-9-7-26-5-3-23-21(24)20-22/h1H,3-20H2,(H,23,24). The number of hydrogen-bond acceptors (Lipinski definition) is 9. The highest BCUT2D eigenvalue weighted by Gasteiger charge is 1.97. The number of hydrogen-bond donors (Lipinski definition) is 1. The summed E-state index contributed by atoms with van der Waals surface area (Å²) in [7, 11) is 0. The third-order valence-corrected chi connectivity index (χ3v) is 3.99. The van der Waals surface area contributed by atoms with Gasteiger partial charge in [-0.1, -0.05) is 21.9 Å². The van der Waals surface area contributed by atoms with Gasteiger partial charge in [0.15, 0.2) is 0 Å². The zero-order chi connectivity index (χ0) is 23.4. The molecule has 1 N–H and O–H groups in total. The summed E-state index contributed by atoms with van der Waals surface area (Å²) in [6.45, 7) is 8.31. The minimum absolute atomic E-state index is 0.0544. The molecule has 0 saturated carbocycles. The van der Waals surface area contributed by atoms with Crippen LogP contribution in [0, 0.1) is 12.3 Å². The van der Waals surface area contributed by atoms with Gasteiger partial charge in [0.25, 0.3) is 0 Å². The molecule has 0 aromatic carbocycles.